The van der Waals surface area contributed by atoms with E-state index in [0.29, 0.717) is 11.4 Å². The fraction of sp³-hybridized carbons (Fsp3) is 0.0526. The van der Waals surface area contributed by atoms with Crippen LogP contribution in [0.4, 0.5) is 21.7 Å². The van der Waals surface area contributed by atoms with Crippen LogP contribution >= 0.6 is 0 Å². The molecule has 0 saturated carbocycles. The highest BCUT2D eigenvalue weighted by Gasteiger charge is 2.15. The lowest BCUT2D eigenvalue weighted by Gasteiger charge is -2.06. The van der Waals surface area contributed by atoms with Gasteiger partial charge in [0, 0.05) is 53.7 Å². The number of benzene rings is 2. The lowest BCUT2D eigenvalue weighted by atomic mass is 10.1. The van der Waals surface area contributed by atoms with E-state index in [2.05, 4.69) is 15.3 Å². The van der Waals surface area contributed by atoms with E-state index < -0.39 is 16.4 Å². The van der Waals surface area contributed by atoms with Crippen LogP contribution in [0.2, 0.25) is 0 Å². The third kappa shape index (κ3) is 3.08. The molecule has 0 atom stereocenters. The number of nitrogens with one attached hydrogen (secondary N) is 1. The number of nitro benzene ring substituents is 1. The Morgan fingerprint density at radius 3 is 2.78 bits per heavy atom. The molecule has 1 N–H and O–H groups in total. The van der Waals surface area contributed by atoms with E-state index in [4.69, 9.17) is 0 Å². The molecule has 0 saturated heterocycles. The molecule has 2 aromatic heterocycles. The van der Waals surface area contributed by atoms with Crippen molar-refractivity contribution < 1.29 is 9.31 Å². The number of rotatable bonds is 4. The first-order chi connectivity index (χ1) is 13.0. The average Bonchev–Trinajstić information content (AvgIpc) is 2.99. The van der Waals surface area contributed by atoms with Gasteiger partial charge >= 0.3 is 5.69 Å². The number of nitrogens with zero attached hydrogens (tertiary/aromatic N) is 4. The molecule has 2 aromatic carbocycles. The van der Waals surface area contributed by atoms with Crippen molar-refractivity contribution >= 4 is 28.2 Å². The maximum Gasteiger partial charge on any atom is 0.304 e. The molecule has 0 unspecified atom stereocenters. The van der Waals surface area contributed by atoms with Crippen LogP contribution in [-0.2, 0) is 7.05 Å². The summed E-state index contributed by atoms with van der Waals surface area (Å²) in [6, 6.07) is 13.3. The number of anilines is 2. The zero-order chi connectivity index (χ0) is 19.0. The Hall–Kier alpha value is -3.81. The van der Waals surface area contributed by atoms with Crippen LogP contribution in [0.25, 0.3) is 22.2 Å². The summed E-state index contributed by atoms with van der Waals surface area (Å²) in [5.41, 5.74) is 2.50. The van der Waals surface area contributed by atoms with Crippen LogP contribution in [0.5, 0.6) is 0 Å². The molecule has 7 nitrogen and oxygen atoms in total. The van der Waals surface area contributed by atoms with Gasteiger partial charge in [-0.3, -0.25) is 10.1 Å². The molecule has 4 aromatic rings. The molecule has 8 heteroatoms. The molecule has 0 amide bonds. The number of hydrogen-bond acceptors (Lipinski definition) is 5. The smallest absolute Gasteiger partial charge is 0.304 e. The molecule has 0 aliphatic heterocycles. The highest BCUT2D eigenvalue weighted by atomic mass is 19.1. The van der Waals surface area contributed by atoms with E-state index in [0.717, 1.165) is 28.6 Å². The van der Waals surface area contributed by atoms with Gasteiger partial charge in [-0.25, -0.2) is 9.97 Å². The van der Waals surface area contributed by atoms with Crippen molar-refractivity contribution in [2.75, 3.05) is 5.32 Å². The van der Waals surface area contributed by atoms with Gasteiger partial charge in [0.1, 0.15) is 0 Å². The van der Waals surface area contributed by atoms with Gasteiger partial charge in [-0.15, -0.1) is 0 Å². The van der Waals surface area contributed by atoms with E-state index in [9.17, 15) is 14.5 Å². The molecule has 0 bridgehead atoms. The highest BCUT2D eigenvalue weighted by molar-refractivity contribution is 5.95. The number of aromatic nitrogens is 3. The number of aryl methyl sites for hydroxylation is 1. The second kappa shape index (κ2) is 6.49. The van der Waals surface area contributed by atoms with Gasteiger partial charge in [0.25, 0.3) is 0 Å². The second-order valence-corrected chi connectivity index (χ2v) is 5.98. The summed E-state index contributed by atoms with van der Waals surface area (Å²) in [7, 11) is 1.96. The Labute approximate surface area is 153 Å². The summed E-state index contributed by atoms with van der Waals surface area (Å²) in [6.45, 7) is 0. The zero-order valence-corrected chi connectivity index (χ0v) is 14.3. The molecule has 0 aliphatic carbocycles. The predicted octanol–water partition coefficient (Wildman–Crippen LogP) is 4.43. The maximum atomic E-state index is 13.8. The molecule has 0 radical (unpaired) electrons. The Balaban J connectivity index is 1.69. The first-order valence-corrected chi connectivity index (χ1v) is 8.11. The Bertz CT molecular complexity index is 1170. The second-order valence-electron chi connectivity index (χ2n) is 5.98. The minimum atomic E-state index is -0.921. The van der Waals surface area contributed by atoms with Gasteiger partial charge in [0.2, 0.25) is 11.8 Å². The number of nitro groups is 1. The van der Waals surface area contributed by atoms with Crippen LogP contribution in [0.15, 0.2) is 60.9 Å². The summed E-state index contributed by atoms with van der Waals surface area (Å²) in [5, 5.41) is 14.7. The fourth-order valence-electron chi connectivity index (χ4n) is 2.98. The first-order valence-electron chi connectivity index (χ1n) is 8.11. The summed E-state index contributed by atoms with van der Waals surface area (Å²) in [4.78, 5) is 18.6. The monoisotopic (exact) mass is 363 g/mol. The van der Waals surface area contributed by atoms with Crippen molar-refractivity contribution in [1.29, 1.82) is 0 Å². The van der Waals surface area contributed by atoms with Gasteiger partial charge in [0.15, 0.2) is 0 Å². The van der Waals surface area contributed by atoms with E-state index in [1.54, 1.807) is 12.3 Å². The van der Waals surface area contributed by atoms with Gasteiger partial charge in [-0.1, -0.05) is 18.2 Å². The molecule has 0 fully saturated rings. The van der Waals surface area contributed by atoms with Gasteiger partial charge in [0.05, 0.1) is 10.6 Å². The van der Waals surface area contributed by atoms with Crippen LogP contribution in [0.1, 0.15) is 0 Å². The topological polar surface area (TPSA) is 85.9 Å². The number of halogens is 1. The summed E-state index contributed by atoms with van der Waals surface area (Å²) in [5.74, 6) is -0.649. The van der Waals surface area contributed by atoms with Crippen molar-refractivity contribution in [3.8, 4) is 11.3 Å². The number of para-hydroxylation sites is 1. The number of fused-ring (bicyclic) bond motifs is 1. The Morgan fingerprint density at radius 2 is 2.00 bits per heavy atom. The van der Waals surface area contributed by atoms with Crippen LogP contribution in [0, 0.1) is 15.9 Å². The van der Waals surface area contributed by atoms with Crippen molar-refractivity contribution in [3.05, 3.63) is 76.9 Å². The van der Waals surface area contributed by atoms with E-state index in [1.165, 1.54) is 6.07 Å². The molecular formula is C19H14FN5O2. The van der Waals surface area contributed by atoms with Crippen LogP contribution < -0.4 is 5.32 Å². The van der Waals surface area contributed by atoms with Crippen LogP contribution in [-0.4, -0.2) is 19.5 Å². The largest absolute Gasteiger partial charge is 0.350 e. The quantitative estimate of drug-likeness (QED) is 0.428. The third-order valence-electron chi connectivity index (χ3n) is 4.23. The van der Waals surface area contributed by atoms with Crippen LogP contribution in [0.3, 0.4) is 0 Å². The highest BCUT2D eigenvalue weighted by Crippen LogP contribution is 2.29. The van der Waals surface area contributed by atoms with Crippen molar-refractivity contribution in [2.45, 2.75) is 0 Å². The van der Waals surface area contributed by atoms with Crippen molar-refractivity contribution in [1.82, 2.24) is 14.5 Å². The zero-order valence-electron chi connectivity index (χ0n) is 14.3. The predicted molar refractivity (Wildman–Crippen MR) is 100 cm³/mol. The van der Waals surface area contributed by atoms with Crippen molar-refractivity contribution in [2.24, 2.45) is 7.05 Å². The maximum absolute atomic E-state index is 13.8. The van der Waals surface area contributed by atoms with Gasteiger partial charge in [-0.05, 0) is 18.2 Å². The van der Waals surface area contributed by atoms with Crippen molar-refractivity contribution in [3.63, 3.8) is 0 Å². The lowest BCUT2D eigenvalue weighted by molar-refractivity contribution is -0.387. The lowest BCUT2D eigenvalue weighted by Crippen LogP contribution is -1.99. The molecular weight excluding hydrogens is 349 g/mol. The SMILES string of the molecule is Cn1cc(-c2ccnc(Nc3ccc([N+](=O)[O-])c(F)c3)n2)c2ccccc21. The summed E-state index contributed by atoms with van der Waals surface area (Å²) >= 11 is 0. The fourth-order valence-corrected chi connectivity index (χ4v) is 2.98. The number of hydrogen-bond donors (Lipinski definition) is 1. The minimum Gasteiger partial charge on any atom is -0.350 e. The minimum absolute atomic E-state index is 0.272. The molecule has 0 aliphatic rings. The summed E-state index contributed by atoms with van der Waals surface area (Å²) in [6.07, 6.45) is 3.59. The first kappa shape index (κ1) is 16.6. The van der Waals surface area contributed by atoms with E-state index in [-0.39, 0.29) is 5.95 Å². The standard InChI is InChI=1S/C19H14FN5O2/c1-24-11-14(13-4-2-3-5-17(13)24)16-8-9-21-19(23-16)22-12-6-7-18(25(26)27)15(20)10-12/h2-11H,1H3,(H,21,22,23). The molecule has 27 heavy (non-hydrogen) atoms. The third-order valence-corrected chi connectivity index (χ3v) is 4.23. The molecule has 2 heterocycles. The molecule has 4 rings (SSSR count). The van der Waals surface area contributed by atoms with Gasteiger partial charge < -0.3 is 9.88 Å². The normalized spacial score (nSPS) is 10.9. The van der Waals surface area contributed by atoms with E-state index in [1.807, 2.05) is 42.1 Å². The molecule has 134 valence electrons. The molecule has 0 spiro atoms. The Kier molecular flexibility index (Phi) is 4.00. The average molecular weight is 363 g/mol. The summed E-state index contributed by atoms with van der Waals surface area (Å²) < 4.78 is 15.8. The van der Waals surface area contributed by atoms with Gasteiger partial charge in [-0.2, -0.15) is 4.39 Å². The Morgan fingerprint density at radius 1 is 1.19 bits per heavy atom. The van der Waals surface area contributed by atoms with E-state index >= 15 is 0 Å².